The molecule has 3 N–H and O–H groups in total. The van der Waals surface area contributed by atoms with Crippen LogP contribution < -0.4 is 11.1 Å². The lowest BCUT2D eigenvalue weighted by Gasteiger charge is -2.39. The van der Waals surface area contributed by atoms with Crippen LogP contribution in [0.1, 0.15) is 6.42 Å². The van der Waals surface area contributed by atoms with Gasteiger partial charge in [0.25, 0.3) is 0 Å². The third-order valence-corrected chi connectivity index (χ3v) is 3.89. The van der Waals surface area contributed by atoms with Crippen LogP contribution in [0.5, 0.6) is 0 Å². The van der Waals surface area contributed by atoms with Gasteiger partial charge in [-0.2, -0.15) is 0 Å². The second-order valence-corrected chi connectivity index (χ2v) is 4.90. The summed E-state index contributed by atoms with van der Waals surface area (Å²) >= 11 is 0. The normalized spacial score (nSPS) is 32.0. The standard InChI is InChI=1S/C11H24N4/c1-14-4-6-15(7-5-14)11(8-12)10-2-3-13-9-10/h10-11,13H,2-9,12H2,1H3. The maximum absolute atomic E-state index is 5.94. The van der Waals surface area contributed by atoms with Crippen LogP contribution in [-0.4, -0.2) is 68.7 Å². The predicted octanol–water partition coefficient (Wildman–Crippen LogP) is -0.829. The third kappa shape index (κ3) is 2.69. The summed E-state index contributed by atoms with van der Waals surface area (Å²) in [6.07, 6.45) is 1.30. The minimum absolute atomic E-state index is 0.605. The minimum Gasteiger partial charge on any atom is -0.329 e. The summed E-state index contributed by atoms with van der Waals surface area (Å²) < 4.78 is 0. The molecular formula is C11H24N4. The quantitative estimate of drug-likeness (QED) is 0.641. The van der Waals surface area contributed by atoms with E-state index in [0.29, 0.717) is 6.04 Å². The first-order valence-corrected chi connectivity index (χ1v) is 6.14. The molecule has 0 saturated carbocycles. The van der Waals surface area contributed by atoms with E-state index in [1.165, 1.54) is 39.1 Å². The van der Waals surface area contributed by atoms with Crippen molar-refractivity contribution in [3.63, 3.8) is 0 Å². The number of hydrogen-bond acceptors (Lipinski definition) is 4. The van der Waals surface area contributed by atoms with Crippen molar-refractivity contribution in [1.29, 1.82) is 0 Å². The van der Waals surface area contributed by atoms with Crippen LogP contribution in [0.4, 0.5) is 0 Å². The zero-order valence-corrected chi connectivity index (χ0v) is 9.78. The highest BCUT2D eigenvalue weighted by atomic mass is 15.3. The van der Waals surface area contributed by atoms with Crippen LogP contribution in [0.15, 0.2) is 0 Å². The molecule has 0 aromatic heterocycles. The number of likely N-dealkylation sites (N-methyl/N-ethyl adjacent to an activating group) is 1. The largest absolute Gasteiger partial charge is 0.329 e. The van der Waals surface area contributed by atoms with Gasteiger partial charge < -0.3 is 16.0 Å². The van der Waals surface area contributed by atoms with Gasteiger partial charge >= 0.3 is 0 Å². The molecule has 0 bridgehead atoms. The highest BCUT2D eigenvalue weighted by Crippen LogP contribution is 2.18. The van der Waals surface area contributed by atoms with Crippen molar-refractivity contribution in [2.45, 2.75) is 12.5 Å². The molecule has 4 heteroatoms. The Bertz CT molecular complexity index is 183. The van der Waals surface area contributed by atoms with E-state index in [4.69, 9.17) is 5.73 Å². The first kappa shape index (κ1) is 11.3. The Hall–Kier alpha value is -0.160. The van der Waals surface area contributed by atoms with E-state index in [-0.39, 0.29) is 0 Å². The van der Waals surface area contributed by atoms with Crippen molar-refractivity contribution in [1.82, 2.24) is 15.1 Å². The smallest absolute Gasteiger partial charge is 0.0260 e. The molecule has 2 aliphatic rings. The first-order valence-electron chi connectivity index (χ1n) is 6.14. The summed E-state index contributed by atoms with van der Waals surface area (Å²) in [4.78, 5) is 4.99. The van der Waals surface area contributed by atoms with Crippen molar-refractivity contribution in [3.05, 3.63) is 0 Å². The lowest BCUT2D eigenvalue weighted by Crippen LogP contribution is -2.54. The molecule has 2 fully saturated rings. The number of hydrogen-bond donors (Lipinski definition) is 2. The fraction of sp³-hybridized carbons (Fsp3) is 1.00. The van der Waals surface area contributed by atoms with E-state index in [1.54, 1.807) is 0 Å². The number of nitrogens with two attached hydrogens (primary N) is 1. The van der Waals surface area contributed by atoms with E-state index in [1.807, 2.05) is 0 Å². The topological polar surface area (TPSA) is 44.5 Å². The molecule has 0 aromatic rings. The zero-order valence-electron chi connectivity index (χ0n) is 9.78. The molecule has 4 nitrogen and oxygen atoms in total. The number of rotatable bonds is 3. The van der Waals surface area contributed by atoms with E-state index in [0.717, 1.165) is 19.0 Å². The monoisotopic (exact) mass is 212 g/mol. The van der Waals surface area contributed by atoms with Gasteiger partial charge in [0.05, 0.1) is 0 Å². The Morgan fingerprint density at radius 3 is 2.60 bits per heavy atom. The lowest BCUT2D eigenvalue weighted by atomic mass is 9.97. The zero-order chi connectivity index (χ0) is 10.7. The molecule has 0 radical (unpaired) electrons. The van der Waals surface area contributed by atoms with Crippen LogP contribution in [0.25, 0.3) is 0 Å². The number of nitrogens with zero attached hydrogens (tertiary/aromatic N) is 2. The molecular weight excluding hydrogens is 188 g/mol. The van der Waals surface area contributed by atoms with Crippen molar-refractivity contribution in [3.8, 4) is 0 Å². The summed E-state index contributed by atoms with van der Waals surface area (Å²) in [5.41, 5.74) is 5.94. The fourth-order valence-corrected chi connectivity index (χ4v) is 2.80. The Labute approximate surface area is 92.8 Å². The van der Waals surface area contributed by atoms with Gasteiger partial charge in [0.2, 0.25) is 0 Å². The number of nitrogens with one attached hydrogen (secondary N) is 1. The number of piperazine rings is 1. The fourth-order valence-electron chi connectivity index (χ4n) is 2.80. The molecule has 0 amide bonds. The molecule has 2 rings (SSSR count). The predicted molar refractivity (Wildman–Crippen MR) is 62.9 cm³/mol. The summed E-state index contributed by atoms with van der Waals surface area (Å²) in [7, 11) is 2.20. The molecule has 0 aromatic carbocycles. The maximum atomic E-state index is 5.94. The second kappa shape index (κ2) is 5.25. The summed E-state index contributed by atoms with van der Waals surface area (Å²) in [6.45, 7) is 7.91. The average Bonchev–Trinajstić information content (AvgIpc) is 2.75. The van der Waals surface area contributed by atoms with E-state index in [9.17, 15) is 0 Å². The van der Waals surface area contributed by atoms with Gasteiger partial charge in [0, 0.05) is 38.8 Å². The van der Waals surface area contributed by atoms with Crippen LogP contribution in [0, 0.1) is 5.92 Å². The average molecular weight is 212 g/mol. The summed E-state index contributed by atoms with van der Waals surface area (Å²) in [5, 5.41) is 3.44. The molecule has 2 heterocycles. The van der Waals surface area contributed by atoms with Crippen molar-refractivity contribution >= 4 is 0 Å². The molecule has 0 aliphatic carbocycles. The van der Waals surface area contributed by atoms with Crippen LogP contribution in [0.3, 0.4) is 0 Å². The van der Waals surface area contributed by atoms with Gasteiger partial charge in [-0.1, -0.05) is 0 Å². The lowest BCUT2D eigenvalue weighted by molar-refractivity contribution is 0.0884. The van der Waals surface area contributed by atoms with Gasteiger partial charge in [-0.15, -0.1) is 0 Å². The summed E-state index contributed by atoms with van der Waals surface area (Å²) in [5.74, 6) is 0.776. The van der Waals surface area contributed by atoms with Crippen molar-refractivity contribution in [2.24, 2.45) is 11.7 Å². The van der Waals surface area contributed by atoms with Crippen LogP contribution in [0.2, 0.25) is 0 Å². The van der Waals surface area contributed by atoms with Crippen molar-refractivity contribution in [2.75, 3.05) is 52.9 Å². The van der Waals surface area contributed by atoms with Gasteiger partial charge in [-0.3, -0.25) is 4.90 Å². The van der Waals surface area contributed by atoms with E-state index in [2.05, 4.69) is 22.2 Å². The molecule has 2 unspecified atom stereocenters. The highest BCUT2D eigenvalue weighted by molar-refractivity contribution is 4.87. The van der Waals surface area contributed by atoms with E-state index < -0.39 is 0 Å². The Kier molecular flexibility index (Phi) is 3.97. The van der Waals surface area contributed by atoms with Gasteiger partial charge in [-0.25, -0.2) is 0 Å². The van der Waals surface area contributed by atoms with Gasteiger partial charge in [0.1, 0.15) is 0 Å². The third-order valence-electron chi connectivity index (χ3n) is 3.89. The maximum Gasteiger partial charge on any atom is 0.0260 e. The van der Waals surface area contributed by atoms with Gasteiger partial charge in [0.15, 0.2) is 0 Å². The first-order chi connectivity index (χ1) is 7.31. The second-order valence-electron chi connectivity index (χ2n) is 4.90. The molecule has 88 valence electrons. The molecule has 2 aliphatic heterocycles. The Balaban J connectivity index is 1.88. The Morgan fingerprint density at radius 2 is 2.07 bits per heavy atom. The SMILES string of the molecule is CN1CCN(C(CN)C2CCNC2)CC1. The van der Waals surface area contributed by atoms with Crippen LogP contribution >= 0.6 is 0 Å². The van der Waals surface area contributed by atoms with Gasteiger partial charge in [-0.05, 0) is 32.5 Å². The Morgan fingerprint density at radius 1 is 1.33 bits per heavy atom. The van der Waals surface area contributed by atoms with Crippen molar-refractivity contribution < 1.29 is 0 Å². The van der Waals surface area contributed by atoms with Crippen LogP contribution in [-0.2, 0) is 0 Å². The molecule has 2 saturated heterocycles. The molecule has 0 spiro atoms. The summed E-state index contributed by atoms with van der Waals surface area (Å²) in [6, 6.07) is 0.605. The van der Waals surface area contributed by atoms with E-state index >= 15 is 0 Å². The molecule has 2 atom stereocenters. The highest BCUT2D eigenvalue weighted by Gasteiger charge is 2.30. The molecule has 15 heavy (non-hydrogen) atoms. The minimum atomic E-state index is 0.605.